The predicted molar refractivity (Wildman–Crippen MR) is 96.2 cm³/mol. The lowest BCUT2D eigenvalue weighted by Gasteiger charge is -2.09. The first kappa shape index (κ1) is 14.2. The van der Waals surface area contributed by atoms with Gasteiger partial charge >= 0.3 is 0 Å². The minimum absolute atomic E-state index is 0.747. The van der Waals surface area contributed by atoms with E-state index in [9.17, 15) is 0 Å². The normalized spacial score (nSPS) is 12.2. The van der Waals surface area contributed by atoms with Gasteiger partial charge in [0.2, 0.25) is 0 Å². The third-order valence-corrected chi connectivity index (χ3v) is 4.85. The molecule has 122 valence electrons. The van der Waals surface area contributed by atoms with Crippen LogP contribution in [0.25, 0.3) is 22.6 Å². The Kier molecular flexibility index (Phi) is 2.91. The second-order valence-corrected chi connectivity index (χ2v) is 6.47. The van der Waals surface area contributed by atoms with Gasteiger partial charge in [-0.25, -0.2) is 9.67 Å². The number of rotatable bonds is 1. The summed E-state index contributed by atoms with van der Waals surface area (Å²) < 4.78 is 4.13. The minimum Gasteiger partial charge on any atom is -0.300 e. The van der Waals surface area contributed by atoms with Gasteiger partial charge < -0.3 is 4.57 Å². The van der Waals surface area contributed by atoms with Crippen LogP contribution in [0.3, 0.4) is 0 Å². The third kappa shape index (κ3) is 2.05. The summed E-state index contributed by atoms with van der Waals surface area (Å²) in [5.74, 6) is 0. The molecular formula is C20H17N5. The topological polar surface area (TPSA) is 48.5 Å². The fraction of sp³-hybridized carbons (Fsp3) is 0.150. The first-order valence-corrected chi connectivity index (χ1v) is 8.36. The Morgan fingerprint density at radius 1 is 0.880 bits per heavy atom. The van der Waals surface area contributed by atoms with Crippen LogP contribution in [-0.4, -0.2) is 24.5 Å². The zero-order valence-electron chi connectivity index (χ0n) is 14.1. The van der Waals surface area contributed by atoms with Crippen LogP contribution in [-0.2, 0) is 6.42 Å². The third-order valence-electron chi connectivity index (χ3n) is 4.85. The Morgan fingerprint density at radius 3 is 2.44 bits per heavy atom. The van der Waals surface area contributed by atoms with E-state index in [0.717, 1.165) is 40.4 Å². The number of aromatic nitrogens is 5. The summed E-state index contributed by atoms with van der Waals surface area (Å²) >= 11 is 0. The highest BCUT2D eigenvalue weighted by Crippen LogP contribution is 2.33. The molecule has 2 aromatic heterocycles. The quantitative estimate of drug-likeness (QED) is 0.472. The molecule has 0 saturated carbocycles. The van der Waals surface area contributed by atoms with Gasteiger partial charge in [-0.15, -0.1) is 5.10 Å². The first-order valence-electron chi connectivity index (χ1n) is 8.36. The SMILES string of the molecule is Cc1ccc(-c2ncn3c2Cc2c(C)nnn2-c2ccccc2-3)cc1. The molecule has 0 bridgehead atoms. The molecule has 2 aromatic carbocycles. The summed E-state index contributed by atoms with van der Waals surface area (Å²) in [5, 5.41) is 8.66. The number of para-hydroxylation sites is 2. The van der Waals surface area contributed by atoms with Crippen LogP contribution in [0.1, 0.15) is 22.6 Å². The smallest absolute Gasteiger partial charge is 0.100 e. The van der Waals surface area contributed by atoms with E-state index < -0.39 is 0 Å². The molecule has 25 heavy (non-hydrogen) atoms. The average molecular weight is 327 g/mol. The van der Waals surface area contributed by atoms with Crippen molar-refractivity contribution in [3.05, 3.63) is 77.5 Å². The van der Waals surface area contributed by atoms with Gasteiger partial charge in [-0.05, 0) is 26.0 Å². The number of hydrogen-bond acceptors (Lipinski definition) is 3. The zero-order chi connectivity index (χ0) is 17.0. The highest BCUT2D eigenvalue weighted by molar-refractivity contribution is 5.66. The van der Waals surface area contributed by atoms with Crippen molar-refractivity contribution >= 4 is 0 Å². The molecule has 5 heteroatoms. The van der Waals surface area contributed by atoms with Gasteiger partial charge in [-0.3, -0.25) is 0 Å². The zero-order valence-corrected chi connectivity index (χ0v) is 14.1. The molecule has 0 unspecified atom stereocenters. The summed E-state index contributed by atoms with van der Waals surface area (Å²) in [6.45, 7) is 4.11. The molecule has 0 amide bonds. The molecule has 0 atom stereocenters. The maximum absolute atomic E-state index is 4.74. The van der Waals surface area contributed by atoms with Crippen molar-refractivity contribution in [2.45, 2.75) is 20.3 Å². The fourth-order valence-electron chi connectivity index (χ4n) is 3.48. The Morgan fingerprint density at radius 2 is 1.64 bits per heavy atom. The van der Waals surface area contributed by atoms with Gasteiger partial charge in [0.1, 0.15) is 6.33 Å². The fourth-order valence-corrected chi connectivity index (χ4v) is 3.48. The molecule has 1 aliphatic rings. The molecule has 0 spiro atoms. The van der Waals surface area contributed by atoms with E-state index in [-0.39, 0.29) is 0 Å². The molecule has 1 aliphatic heterocycles. The van der Waals surface area contributed by atoms with Crippen molar-refractivity contribution in [3.63, 3.8) is 0 Å². The van der Waals surface area contributed by atoms with Gasteiger partial charge in [0.05, 0.1) is 34.2 Å². The van der Waals surface area contributed by atoms with Gasteiger partial charge in [0, 0.05) is 12.0 Å². The Bertz CT molecular complexity index is 1090. The van der Waals surface area contributed by atoms with Gasteiger partial charge in [-0.2, -0.15) is 0 Å². The molecule has 0 saturated heterocycles. The molecule has 5 rings (SSSR count). The highest BCUT2D eigenvalue weighted by atomic mass is 15.4. The molecule has 0 fully saturated rings. The largest absolute Gasteiger partial charge is 0.300 e. The van der Waals surface area contributed by atoms with E-state index in [4.69, 9.17) is 4.98 Å². The van der Waals surface area contributed by atoms with Crippen molar-refractivity contribution in [2.24, 2.45) is 0 Å². The van der Waals surface area contributed by atoms with Crippen LogP contribution < -0.4 is 0 Å². The van der Waals surface area contributed by atoms with E-state index in [2.05, 4.69) is 58.2 Å². The second kappa shape index (κ2) is 5.14. The molecule has 3 heterocycles. The van der Waals surface area contributed by atoms with E-state index in [1.807, 2.05) is 30.1 Å². The van der Waals surface area contributed by atoms with Crippen LogP contribution in [0.2, 0.25) is 0 Å². The predicted octanol–water partition coefficient (Wildman–Crippen LogP) is 3.64. The van der Waals surface area contributed by atoms with Gasteiger partial charge in [-0.1, -0.05) is 47.2 Å². The van der Waals surface area contributed by atoms with E-state index in [1.54, 1.807) is 0 Å². The van der Waals surface area contributed by atoms with E-state index in [1.165, 1.54) is 11.3 Å². The molecule has 0 aliphatic carbocycles. The number of aryl methyl sites for hydroxylation is 2. The summed E-state index contributed by atoms with van der Waals surface area (Å²) in [6, 6.07) is 16.8. The van der Waals surface area contributed by atoms with E-state index in [0.29, 0.717) is 0 Å². The van der Waals surface area contributed by atoms with Crippen LogP contribution >= 0.6 is 0 Å². The summed E-state index contributed by atoms with van der Waals surface area (Å²) in [6.07, 6.45) is 2.66. The Hall–Kier alpha value is -3.21. The van der Waals surface area contributed by atoms with Crippen molar-refractivity contribution < 1.29 is 0 Å². The number of fused-ring (bicyclic) bond motifs is 5. The summed E-state index contributed by atoms with van der Waals surface area (Å²) in [5.41, 5.74) is 8.74. The summed E-state index contributed by atoms with van der Waals surface area (Å²) in [7, 11) is 0. The van der Waals surface area contributed by atoms with Crippen LogP contribution in [0.5, 0.6) is 0 Å². The number of imidazole rings is 1. The number of hydrogen-bond donors (Lipinski definition) is 0. The molecule has 0 radical (unpaired) electrons. The standard InChI is InChI=1S/C20H17N5/c1-13-7-9-15(10-8-13)20-19-11-18-14(2)22-23-25(18)17-6-4-3-5-16(17)24(19)12-21-20/h3-10,12H,11H2,1-2H3. The number of nitrogens with zero attached hydrogens (tertiary/aromatic N) is 5. The second-order valence-electron chi connectivity index (χ2n) is 6.47. The minimum atomic E-state index is 0.747. The van der Waals surface area contributed by atoms with Crippen molar-refractivity contribution in [1.82, 2.24) is 24.5 Å². The molecule has 0 N–H and O–H groups in total. The highest BCUT2D eigenvalue weighted by Gasteiger charge is 2.25. The first-order chi connectivity index (χ1) is 12.2. The monoisotopic (exact) mass is 327 g/mol. The average Bonchev–Trinajstić information content (AvgIpc) is 3.17. The van der Waals surface area contributed by atoms with Crippen LogP contribution in [0.15, 0.2) is 54.9 Å². The van der Waals surface area contributed by atoms with Crippen molar-refractivity contribution in [3.8, 4) is 22.6 Å². The van der Waals surface area contributed by atoms with Gasteiger partial charge in [0.25, 0.3) is 0 Å². The lowest BCUT2D eigenvalue weighted by atomic mass is 10.1. The van der Waals surface area contributed by atoms with Crippen molar-refractivity contribution in [2.75, 3.05) is 0 Å². The summed E-state index contributed by atoms with van der Waals surface area (Å²) in [4.78, 5) is 4.74. The van der Waals surface area contributed by atoms with Crippen molar-refractivity contribution in [1.29, 1.82) is 0 Å². The lowest BCUT2D eigenvalue weighted by Crippen LogP contribution is -2.02. The van der Waals surface area contributed by atoms with Gasteiger partial charge in [0.15, 0.2) is 0 Å². The lowest BCUT2D eigenvalue weighted by molar-refractivity contribution is 0.777. The number of benzene rings is 2. The van der Waals surface area contributed by atoms with Crippen LogP contribution in [0, 0.1) is 13.8 Å². The molecule has 5 nitrogen and oxygen atoms in total. The maximum Gasteiger partial charge on any atom is 0.100 e. The maximum atomic E-state index is 4.74. The van der Waals surface area contributed by atoms with Crippen LogP contribution in [0.4, 0.5) is 0 Å². The van der Waals surface area contributed by atoms with E-state index >= 15 is 0 Å². The molecular weight excluding hydrogens is 310 g/mol. The Labute approximate surface area is 145 Å². The molecule has 4 aromatic rings. The Balaban J connectivity index is 1.80.